The fourth-order valence-corrected chi connectivity index (χ4v) is 3.90. The van der Waals surface area contributed by atoms with Crippen LogP contribution in [0.4, 0.5) is 19.0 Å². The van der Waals surface area contributed by atoms with Gasteiger partial charge in [0.15, 0.2) is 0 Å². The van der Waals surface area contributed by atoms with Crippen LogP contribution in [0.1, 0.15) is 36.2 Å². The third kappa shape index (κ3) is 4.98. The topological polar surface area (TPSA) is 41.5 Å². The molecule has 2 aliphatic rings. The molecular formula is C21H25F3N4O. The normalized spacial score (nSPS) is 17.4. The van der Waals surface area contributed by atoms with Crippen molar-refractivity contribution in [3.8, 4) is 5.88 Å². The first-order chi connectivity index (χ1) is 14.0. The fourth-order valence-electron chi connectivity index (χ4n) is 3.90. The molecule has 0 saturated carbocycles. The van der Waals surface area contributed by atoms with Crippen LogP contribution in [-0.4, -0.2) is 47.7 Å². The zero-order valence-corrected chi connectivity index (χ0v) is 16.3. The first kappa shape index (κ1) is 19.9. The summed E-state index contributed by atoms with van der Waals surface area (Å²) in [6.45, 7) is 5.15. The molecule has 0 aliphatic carbocycles. The Kier molecular flexibility index (Phi) is 5.89. The number of fused-ring (bicyclic) bond motifs is 1. The van der Waals surface area contributed by atoms with Gasteiger partial charge in [-0.15, -0.1) is 0 Å². The van der Waals surface area contributed by atoms with Crippen LogP contribution in [0.5, 0.6) is 5.88 Å². The average molecular weight is 406 g/mol. The minimum Gasteiger partial charge on any atom is -0.478 e. The van der Waals surface area contributed by atoms with Gasteiger partial charge in [0, 0.05) is 32.1 Å². The van der Waals surface area contributed by atoms with Crippen molar-refractivity contribution in [2.75, 3.05) is 37.7 Å². The van der Waals surface area contributed by atoms with Crippen molar-refractivity contribution in [2.24, 2.45) is 0 Å². The van der Waals surface area contributed by atoms with Gasteiger partial charge in [0.1, 0.15) is 11.5 Å². The summed E-state index contributed by atoms with van der Waals surface area (Å²) in [7, 11) is 0. The van der Waals surface area contributed by atoms with E-state index >= 15 is 0 Å². The van der Waals surface area contributed by atoms with E-state index in [0.717, 1.165) is 30.3 Å². The van der Waals surface area contributed by atoms with Gasteiger partial charge in [0.25, 0.3) is 0 Å². The van der Waals surface area contributed by atoms with Crippen molar-refractivity contribution < 1.29 is 17.9 Å². The quantitative estimate of drug-likeness (QED) is 0.680. The SMILES string of the molecule is FC(F)(F)c1cccc(N2CCc3nc(OCCCN4CCCC4)ccc3C2)n1. The first-order valence-corrected chi connectivity index (χ1v) is 10.1. The van der Waals surface area contributed by atoms with Crippen LogP contribution < -0.4 is 9.64 Å². The lowest BCUT2D eigenvalue weighted by Gasteiger charge is -2.29. The number of anilines is 1. The predicted octanol–water partition coefficient (Wildman–Crippen LogP) is 3.92. The number of aromatic nitrogens is 2. The van der Waals surface area contributed by atoms with Gasteiger partial charge in [-0.3, -0.25) is 0 Å². The monoisotopic (exact) mass is 406 g/mol. The van der Waals surface area contributed by atoms with Crippen molar-refractivity contribution in [3.05, 3.63) is 47.3 Å². The van der Waals surface area contributed by atoms with Crippen LogP contribution in [0, 0.1) is 0 Å². The van der Waals surface area contributed by atoms with Gasteiger partial charge in [0.05, 0.1) is 12.3 Å². The summed E-state index contributed by atoms with van der Waals surface area (Å²) in [4.78, 5) is 12.7. The van der Waals surface area contributed by atoms with Crippen LogP contribution in [0.2, 0.25) is 0 Å². The van der Waals surface area contributed by atoms with E-state index in [9.17, 15) is 13.2 Å². The lowest BCUT2D eigenvalue weighted by Crippen LogP contribution is -2.32. The van der Waals surface area contributed by atoms with Crippen LogP contribution in [0.25, 0.3) is 0 Å². The average Bonchev–Trinajstić information content (AvgIpc) is 3.24. The third-order valence-electron chi connectivity index (χ3n) is 5.44. The van der Waals surface area contributed by atoms with Gasteiger partial charge in [-0.05, 0) is 50.0 Å². The molecule has 0 spiro atoms. The van der Waals surface area contributed by atoms with E-state index < -0.39 is 11.9 Å². The highest BCUT2D eigenvalue weighted by atomic mass is 19.4. The number of hydrogen-bond donors (Lipinski definition) is 0. The Balaban J connectivity index is 1.34. The van der Waals surface area contributed by atoms with Crippen molar-refractivity contribution in [2.45, 2.75) is 38.4 Å². The summed E-state index contributed by atoms with van der Waals surface area (Å²) in [6, 6.07) is 7.81. The fraction of sp³-hybridized carbons (Fsp3) is 0.524. The molecule has 0 unspecified atom stereocenters. The Hall–Kier alpha value is -2.35. The second-order valence-electron chi connectivity index (χ2n) is 7.56. The molecule has 4 rings (SSSR count). The molecule has 0 radical (unpaired) electrons. The molecule has 4 heterocycles. The highest BCUT2D eigenvalue weighted by Crippen LogP contribution is 2.30. The van der Waals surface area contributed by atoms with Gasteiger partial charge in [-0.2, -0.15) is 13.2 Å². The van der Waals surface area contributed by atoms with E-state index in [2.05, 4.69) is 14.9 Å². The summed E-state index contributed by atoms with van der Waals surface area (Å²) in [5.41, 5.74) is 1.08. The van der Waals surface area contributed by atoms with Gasteiger partial charge in [-0.1, -0.05) is 12.1 Å². The smallest absolute Gasteiger partial charge is 0.433 e. The van der Waals surface area contributed by atoms with Crippen LogP contribution in [0.15, 0.2) is 30.3 Å². The summed E-state index contributed by atoms with van der Waals surface area (Å²) in [5.74, 6) is 0.962. The van der Waals surface area contributed by atoms with Crippen molar-refractivity contribution in [1.82, 2.24) is 14.9 Å². The summed E-state index contributed by atoms with van der Waals surface area (Å²) in [6.07, 6.45) is -0.223. The predicted molar refractivity (Wildman–Crippen MR) is 104 cm³/mol. The standard InChI is InChI=1S/C21H25F3N4O/c22-21(23,24)18-5-3-6-19(26-18)28-13-9-17-16(15-28)7-8-20(25-17)29-14-4-12-27-10-1-2-11-27/h3,5-8H,1-2,4,9-15H2. The van der Waals surface area contributed by atoms with E-state index in [0.29, 0.717) is 37.8 Å². The number of nitrogens with zero attached hydrogens (tertiary/aromatic N) is 4. The van der Waals surface area contributed by atoms with Gasteiger partial charge in [-0.25, -0.2) is 9.97 Å². The van der Waals surface area contributed by atoms with Gasteiger partial charge >= 0.3 is 6.18 Å². The third-order valence-corrected chi connectivity index (χ3v) is 5.44. The highest BCUT2D eigenvalue weighted by Gasteiger charge is 2.33. The Labute approximate surface area is 168 Å². The highest BCUT2D eigenvalue weighted by molar-refractivity contribution is 5.44. The molecule has 5 nitrogen and oxygen atoms in total. The molecular weight excluding hydrogens is 381 g/mol. The van der Waals surface area contributed by atoms with Crippen molar-refractivity contribution in [1.29, 1.82) is 0 Å². The molecule has 156 valence electrons. The van der Waals surface area contributed by atoms with E-state index in [1.54, 1.807) is 6.07 Å². The summed E-state index contributed by atoms with van der Waals surface area (Å²) >= 11 is 0. The molecule has 2 aromatic rings. The number of rotatable bonds is 6. The number of alkyl halides is 3. The molecule has 0 amide bonds. The number of hydrogen-bond acceptors (Lipinski definition) is 5. The number of halogens is 3. The summed E-state index contributed by atoms with van der Waals surface area (Å²) in [5, 5.41) is 0. The first-order valence-electron chi connectivity index (χ1n) is 10.1. The molecule has 0 aromatic carbocycles. The van der Waals surface area contributed by atoms with Crippen molar-refractivity contribution >= 4 is 5.82 Å². The van der Waals surface area contributed by atoms with Crippen molar-refractivity contribution in [3.63, 3.8) is 0 Å². The second kappa shape index (κ2) is 8.57. The Morgan fingerprint density at radius 1 is 1.00 bits per heavy atom. The zero-order valence-electron chi connectivity index (χ0n) is 16.3. The van der Waals surface area contributed by atoms with E-state index in [1.807, 2.05) is 17.0 Å². The summed E-state index contributed by atoms with van der Waals surface area (Å²) < 4.78 is 44.6. The lowest BCUT2D eigenvalue weighted by atomic mass is 10.1. The molecule has 2 aromatic heterocycles. The van der Waals surface area contributed by atoms with E-state index in [-0.39, 0.29) is 0 Å². The Bertz CT molecular complexity index is 837. The minimum atomic E-state index is -4.44. The Morgan fingerprint density at radius 3 is 2.62 bits per heavy atom. The maximum atomic E-state index is 12.9. The van der Waals surface area contributed by atoms with Crippen LogP contribution in [-0.2, 0) is 19.1 Å². The number of likely N-dealkylation sites (tertiary alicyclic amines) is 1. The lowest BCUT2D eigenvalue weighted by molar-refractivity contribution is -0.141. The van der Waals surface area contributed by atoms with Crippen LogP contribution in [0.3, 0.4) is 0 Å². The van der Waals surface area contributed by atoms with Gasteiger partial charge < -0.3 is 14.5 Å². The Morgan fingerprint density at radius 2 is 1.83 bits per heavy atom. The molecule has 2 aliphatic heterocycles. The molecule has 0 N–H and O–H groups in total. The maximum Gasteiger partial charge on any atom is 0.433 e. The zero-order chi connectivity index (χ0) is 20.3. The molecule has 0 bridgehead atoms. The second-order valence-corrected chi connectivity index (χ2v) is 7.56. The largest absolute Gasteiger partial charge is 0.478 e. The number of pyridine rings is 2. The van der Waals surface area contributed by atoms with Crippen LogP contribution >= 0.6 is 0 Å². The molecule has 29 heavy (non-hydrogen) atoms. The van der Waals surface area contributed by atoms with E-state index in [1.165, 1.54) is 32.0 Å². The minimum absolute atomic E-state index is 0.340. The molecule has 1 fully saturated rings. The number of ether oxygens (including phenoxy) is 1. The van der Waals surface area contributed by atoms with Gasteiger partial charge in [0.2, 0.25) is 5.88 Å². The maximum absolute atomic E-state index is 12.9. The molecule has 1 saturated heterocycles. The molecule has 8 heteroatoms. The molecule has 0 atom stereocenters. The van der Waals surface area contributed by atoms with E-state index in [4.69, 9.17) is 4.74 Å².